The van der Waals surface area contributed by atoms with Gasteiger partial charge in [-0.25, -0.2) is 8.42 Å². The molecule has 1 amide bonds. The molecule has 0 saturated carbocycles. The topological polar surface area (TPSA) is 88.6 Å². The third kappa shape index (κ3) is 4.05. The van der Waals surface area contributed by atoms with E-state index in [4.69, 9.17) is 4.74 Å². The van der Waals surface area contributed by atoms with Crippen molar-refractivity contribution in [2.75, 3.05) is 20.2 Å². The van der Waals surface area contributed by atoms with Crippen molar-refractivity contribution in [2.24, 2.45) is 0 Å². The molecular formula is C17H18BrN3O4S. The summed E-state index contributed by atoms with van der Waals surface area (Å²) in [5.41, 5.74) is 0.872. The summed E-state index contributed by atoms with van der Waals surface area (Å²) in [6.07, 6.45) is 3.37. The van der Waals surface area contributed by atoms with Gasteiger partial charge in [-0.15, -0.1) is 0 Å². The predicted molar refractivity (Wildman–Crippen MR) is 99.2 cm³/mol. The number of hydrogen-bond donors (Lipinski definition) is 1. The first kappa shape index (κ1) is 18.8. The molecule has 1 aromatic carbocycles. The summed E-state index contributed by atoms with van der Waals surface area (Å²) in [6, 6.07) is 8.38. The molecule has 138 valence electrons. The summed E-state index contributed by atoms with van der Waals surface area (Å²) >= 11 is 3.41. The molecule has 1 aliphatic heterocycles. The molecule has 26 heavy (non-hydrogen) atoms. The van der Waals surface area contributed by atoms with Crippen molar-refractivity contribution in [3.63, 3.8) is 0 Å². The molecule has 2 aromatic rings. The molecule has 0 bridgehead atoms. The van der Waals surface area contributed by atoms with Crippen LogP contribution in [0.25, 0.3) is 0 Å². The molecule has 1 unspecified atom stereocenters. The molecule has 0 fully saturated rings. The van der Waals surface area contributed by atoms with Crippen LogP contribution < -0.4 is 10.1 Å². The van der Waals surface area contributed by atoms with E-state index in [1.165, 1.54) is 31.6 Å². The zero-order valence-corrected chi connectivity index (χ0v) is 16.5. The fourth-order valence-electron chi connectivity index (χ4n) is 2.72. The van der Waals surface area contributed by atoms with E-state index in [0.29, 0.717) is 13.0 Å². The second-order valence-corrected chi connectivity index (χ2v) is 8.85. The van der Waals surface area contributed by atoms with Crippen LogP contribution in [0.3, 0.4) is 0 Å². The van der Waals surface area contributed by atoms with E-state index >= 15 is 0 Å². The highest BCUT2D eigenvalue weighted by Gasteiger charge is 2.27. The predicted octanol–water partition coefficient (Wildman–Crippen LogP) is 2.10. The highest BCUT2D eigenvalue weighted by molar-refractivity contribution is 9.10. The minimum atomic E-state index is -3.76. The van der Waals surface area contributed by atoms with Crippen LogP contribution in [0, 0.1) is 0 Å². The van der Waals surface area contributed by atoms with Crippen LogP contribution in [0.4, 0.5) is 0 Å². The molecule has 1 N–H and O–H groups in total. The Morgan fingerprint density at radius 3 is 2.96 bits per heavy atom. The molecule has 0 spiro atoms. The van der Waals surface area contributed by atoms with Gasteiger partial charge in [0.15, 0.2) is 0 Å². The first-order valence-electron chi connectivity index (χ1n) is 7.96. The summed E-state index contributed by atoms with van der Waals surface area (Å²) in [5, 5.41) is 2.90. The number of halogens is 1. The summed E-state index contributed by atoms with van der Waals surface area (Å²) in [6.45, 7) is 0.210. The van der Waals surface area contributed by atoms with E-state index in [1.54, 1.807) is 0 Å². The monoisotopic (exact) mass is 439 g/mol. The summed E-state index contributed by atoms with van der Waals surface area (Å²) in [4.78, 5) is 16.3. The standard InChI is InChI=1S/C17H18BrN3O4S/c1-21(26(23,24)13-3-2-7-19-10-13)11-17(22)20-15-6-8-25-16-5-4-12(18)9-14(15)16/h2-5,7,9-10,15H,6,8,11H2,1H3,(H,20,22). The van der Waals surface area contributed by atoms with Gasteiger partial charge in [-0.05, 0) is 30.3 Å². The SMILES string of the molecule is CN(CC(=O)NC1CCOc2ccc(Br)cc21)S(=O)(=O)c1cccnc1. The molecule has 0 radical (unpaired) electrons. The number of nitrogens with one attached hydrogen (secondary N) is 1. The minimum Gasteiger partial charge on any atom is -0.493 e. The van der Waals surface area contributed by atoms with E-state index in [9.17, 15) is 13.2 Å². The number of carbonyl (C=O) groups is 1. The number of fused-ring (bicyclic) bond motifs is 1. The van der Waals surface area contributed by atoms with Crippen LogP contribution >= 0.6 is 15.9 Å². The molecule has 0 saturated heterocycles. The fraction of sp³-hybridized carbons (Fsp3) is 0.294. The zero-order valence-electron chi connectivity index (χ0n) is 14.1. The smallest absolute Gasteiger partial charge is 0.244 e. The van der Waals surface area contributed by atoms with E-state index in [2.05, 4.69) is 26.2 Å². The number of benzene rings is 1. The number of pyridine rings is 1. The number of rotatable bonds is 5. The average molecular weight is 440 g/mol. The second kappa shape index (κ2) is 7.73. The van der Waals surface area contributed by atoms with Gasteiger partial charge in [-0.1, -0.05) is 15.9 Å². The van der Waals surface area contributed by atoms with Gasteiger partial charge in [-0.3, -0.25) is 9.78 Å². The number of amides is 1. The number of carbonyl (C=O) groups excluding carboxylic acids is 1. The first-order chi connectivity index (χ1) is 12.4. The van der Waals surface area contributed by atoms with Gasteiger partial charge in [0, 0.05) is 35.9 Å². The van der Waals surface area contributed by atoms with Gasteiger partial charge in [0.1, 0.15) is 10.6 Å². The number of ether oxygens (including phenoxy) is 1. The van der Waals surface area contributed by atoms with Crippen molar-refractivity contribution >= 4 is 31.9 Å². The molecule has 9 heteroatoms. The summed E-state index contributed by atoms with van der Waals surface area (Å²) < 4.78 is 32.5. The maximum atomic E-state index is 12.5. The fourth-order valence-corrected chi connectivity index (χ4v) is 4.19. The maximum absolute atomic E-state index is 12.5. The Labute approximate surface area is 160 Å². The number of nitrogens with zero attached hydrogens (tertiary/aromatic N) is 2. The molecule has 3 rings (SSSR count). The number of sulfonamides is 1. The number of likely N-dealkylation sites (N-methyl/N-ethyl adjacent to an activating group) is 1. The van der Waals surface area contributed by atoms with Crippen LogP contribution in [0.1, 0.15) is 18.0 Å². The molecule has 2 heterocycles. The van der Waals surface area contributed by atoms with E-state index in [0.717, 1.165) is 20.1 Å². The third-order valence-corrected chi connectivity index (χ3v) is 6.34. The lowest BCUT2D eigenvalue weighted by atomic mass is 10.0. The lowest BCUT2D eigenvalue weighted by Gasteiger charge is -2.27. The Balaban J connectivity index is 1.69. The van der Waals surface area contributed by atoms with E-state index < -0.39 is 10.0 Å². The van der Waals surface area contributed by atoms with Gasteiger partial charge in [-0.2, -0.15) is 4.31 Å². The van der Waals surface area contributed by atoms with Crippen molar-refractivity contribution in [3.8, 4) is 5.75 Å². The number of hydrogen-bond acceptors (Lipinski definition) is 5. The number of aromatic nitrogens is 1. The molecule has 7 nitrogen and oxygen atoms in total. The normalized spacial score (nSPS) is 16.7. The minimum absolute atomic E-state index is 0.0515. The highest BCUT2D eigenvalue weighted by Crippen LogP contribution is 2.34. The molecular weight excluding hydrogens is 422 g/mol. The lowest BCUT2D eigenvalue weighted by Crippen LogP contribution is -2.40. The zero-order chi connectivity index (χ0) is 18.7. The average Bonchev–Trinajstić information content (AvgIpc) is 2.63. The second-order valence-electron chi connectivity index (χ2n) is 5.89. The van der Waals surface area contributed by atoms with Gasteiger partial charge in [0.05, 0.1) is 19.2 Å². The van der Waals surface area contributed by atoms with Gasteiger partial charge in [0.2, 0.25) is 15.9 Å². The first-order valence-corrected chi connectivity index (χ1v) is 10.2. The maximum Gasteiger partial charge on any atom is 0.244 e. The van der Waals surface area contributed by atoms with Crippen LogP contribution in [-0.4, -0.2) is 43.8 Å². The van der Waals surface area contributed by atoms with Crippen LogP contribution in [-0.2, 0) is 14.8 Å². The third-order valence-electron chi connectivity index (χ3n) is 4.06. The van der Waals surface area contributed by atoms with Crippen molar-refractivity contribution in [3.05, 3.63) is 52.8 Å². The molecule has 1 aliphatic rings. The van der Waals surface area contributed by atoms with Crippen molar-refractivity contribution < 1.29 is 17.9 Å². The van der Waals surface area contributed by atoms with Gasteiger partial charge in [0.25, 0.3) is 0 Å². The van der Waals surface area contributed by atoms with E-state index in [-0.39, 0.29) is 23.4 Å². The molecule has 1 atom stereocenters. The van der Waals surface area contributed by atoms with Gasteiger partial charge < -0.3 is 10.1 Å². The Morgan fingerprint density at radius 2 is 2.23 bits per heavy atom. The quantitative estimate of drug-likeness (QED) is 0.770. The van der Waals surface area contributed by atoms with Crippen molar-refractivity contribution in [2.45, 2.75) is 17.4 Å². The Morgan fingerprint density at radius 1 is 1.42 bits per heavy atom. The van der Waals surface area contributed by atoms with Crippen LogP contribution in [0.5, 0.6) is 5.75 Å². The lowest BCUT2D eigenvalue weighted by molar-refractivity contribution is -0.122. The van der Waals surface area contributed by atoms with Gasteiger partial charge >= 0.3 is 0 Å². The molecule has 0 aliphatic carbocycles. The summed E-state index contributed by atoms with van der Waals surface area (Å²) in [7, 11) is -2.39. The molecule has 1 aromatic heterocycles. The van der Waals surface area contributed by atoms with E-state index in [1.807, 2.05) is 18.2 Å². The Bertz CT molecular complexity index is 905. The van der Waals surface area contributed by atoms with Crippen LogP contribution in [0.15, 0.2) is 52.1 Å². The highest BCUT2D eigenvalue weighted by atomic mass is 79.9. The van der Waals surface area contributed by atoms with Crippen molar-refractivity contribution in [1.29, 1.82) is 0 Å². The largest absolute Gasteiger partial charge is 0.493 e. The van der Waals surface area contributed by atoms with Crippen LogP contribution in [0.2, 0.25) is 0 Å². The van der Waals surface area contributed by atoms with Crippen molar-refractivity contribution in [1.82, 2.24) is 14.6 Å². The Hall–Kier alpha value is -1.97. The Kier molecular flexibility index (Phi) is 5.59. The summed E-state index contributed by atoms with van der Waals surface area (Å²) in [5.74, 6) is 0.346.